The maximum Gasteiger partial charge on any atom is 0.221 e. The minimum Gasteiger partial charge on any atom is -0.370 e. The van der Waals surface area contributed by atoms with E-state index in [1.165, 1.54) is 0 Å². The molecule has 0 unspecified atom stereocenters. The molecule has 1 atom stereocenters. The minimum absolute atomic E-state index is 0.0486. The van der Waals surface area contributed by atoms with E-state index in [4.69, 9.17) is 11.5 Å². The van der Waals surface area contributed by atoms with Gasteiger partial charge in [0.25, 0.3) is 0 Å². The van der Waals surface area contributed by atoms with Gasteiger partial charge in [-0.25, -0.2) is 0 Å². The maximum absolute atomic E-state index is 10.7. The van der Waals surface area contributed by atoms with Crippen molar-refractivity contribution in [2.24, 2.45) is 23.3 Å². The van der Waals surface area contributed by atoms with Crippen LogP contribution in [0.3, 0.4) is 0 Å². The van der Waals surface area contributed by atoms with Gasteiger partial charge in [-0.05, 0) is 5.92 Å². The van der Waals surface area contributed by atoms with Gasteiger partial charge in [0.05, 0.1) is 0 Å². The van der Waals surface area contributed by atoms with Gasteiger partial charge in [-0.1, -0.05) is 13.8 Å². The first-order chi connectivity index (χ1) is 4.95. The molecule has 0 saturated heterocycles. The molecule has 11 heavy (non-hydrogen) atoms. The van der Waals surface area contributed by atoms with Crippen molar-refractivity contribution in [2.45, 2.75) is 20.3 Å². The average molecular weight is 158 g/mol. The standard InChI is InChI=1S/C7H14N2O2/c1-4(2)5(7(9)11)3-6(8)10/h4-5H,3H2,1-2H3,(H2,8,10)(H2,9,11)/t5-/m1/s1. The van der Waals surface area contributed by atoms with Crippen LogP contribution in [0.2, 0.25) is 0 Å². The van der Waals surface area contributed by atoms with Crippen molar-refractivity contribution in [3.8, 4) is 0 Å². The lowest BCUT2D eigenvalue weighted by Gasteiger charge is -2.14. The first-order valence-electron chi connectivity index (χ1n) is 3.52. The van der Waals surface area contributed by atoms with E-state index in [9.17, 15) is 9.59 Å². The second kappa shape index (κ2) is 3.95. The summed E-state index contributed by atoms with van der Waals surface area (Å²) in [6.07, 6.45) is 0.0486. The SMILES string of the molecule is CC(C)[C@@H](CC(N)=O)C(N)=O. The number of nitrogens with two attached hydrogens (primary N) is 2. The molecule has 64 valence electrons. The van der Waals surface area contributed by atoms with Crippen LogP contribution in [0.4, 0.5) is 0 Å². The Morgan fingerprint density at radius 3 is 1.82 bits per heavy atom. The summed E-state index contributed by atoms with van der Waals surface area (Å²) in [5, 5.41) is 0. The Kier molecular flexibility index (Phi) is 3.57. The molecule has 4 heteroatoms. The third kappa shape index (κ3) is 3.60. The average Bonchev–Trinajstić information content (AvgIpc) is 1.81. The van der Waals surface area contributed by atoms with E-state index in [2.05, 4.69) is 0 Å². The summed E-state index contributed by atoms with van der Waals surface area (Å²) in [4.78, 5) is 21.1. The molecule has 0 aromatic carbocycles. The normalized spacial score (nSPS) is 13.0. The Morgan fingerprint density at radius 1 is 1.27 bits per heavy atom. The molecule has 0 aromatic heterocycles. The smallest absolute Gasteiger partial charge is 0.221 e. The lowest BCUT2D eigenvalue weighted by molar-refractivity contribution is -0.128. The van der Waals surface area contributed by atoms with Crippen LogP contribution < -0.4 is 11.5 Å². The van der Waals surface area contributed by atoms with Crippen molar-refractivity contribution in [1.82, 2.24) is 0 Å². The van der Waals surface area contributed by atoms with Crippen LogP contribution in [0.1, 0.15) is 20.3 Å². The molecule has 0 fully saturated rings. The highest BCUT2D eigenvalue weighted by atomic mass is 16.2. The van der Waals surface area contributed by atoms with E-state index in [0.717, 1.165) is 0 Å². The number of hydrogen-bond acceptors (Lipinski definition) is 2. The van der Waals surface area contributed by atoms with Crippen LogP contribution in [0.25, 0.3) is 0 Å². The van der Waals surface area contributed by atoms with Crippen LogP contribution in [-0.4, -0.2) is 11.8 Å². The third-order valence-electron chi connectivity index (χ3n) is 1.59. The van der Waals surface area contributed by atoms with Crippen LogP contribution >= 0.6 is 0 Å². The summed E-state index contributed by atoms with van der Waals surface area (Å²) in [7, 11) is 0. The molecule has 4 N–H and O–H groups in total. The molecule has 0 aliphatic heterocycles. The van der Waals surface area contributed by atoms with Crippen LogP contribution in [-0.2, 0) is 9.59 Å². The quantitative estimate of drug-likeness (QED) is 0.584. The van der Waals surface area contributed by atoms with E-state index in [-0.39, 0.29) is 12.3 Å². The molecule has 0 aromatic rings. The summed E-state index contributed by atoms with van der Waals surface area (Å²) in [6, 6.07) is 0. The molecular formula is C7H14N2O2. The fraction of sp³-hybridized carbons (Fsp3) is 0.714. The van der Waals surface area contributed by atoms with Crippen molar-refractivity contribution in [1.29, 1.82) is 0 Å². The Bertz CT molecular complexity index is 166. The van der Waals surface area contributed by atoms with Gasteiger partial charge < -0.3 is 11.5 Å². The van der Waals surface area contributed by atoms with E-state index < -0.39 is 17.7 Å². The van der Waals surface area contributed by atoms with Crippen molar-refractivity contribution < 1.29 is 9.59 Å². The van der Waals surface area contributed by atoms with Crippen molar-refractivity contribution in [3.05, 3.63) is 0 Å². The molecule has 0 aliphatic rings. The molecule has 4 nitrogen and oxygen atoms in total. The van der Waals surface area contributed by atoms with Crippen LogP contribution in [0.15, 0.2) is 0 Å². The Balaban J connectivity index is 4.12. The van der Waals surface area contributed by atoms with Gasteiger partial charge in [0.1, 0.15) is 0 Å². The van der Waals surface area contributed by atoms with Crippen molar-refractivity contribution in [3.63, 3.8) is 0 Å². The third-order valence-corrected chi connectivity index (χ3v) is 1.59. The molecular weight excluding hydrogens is 144 g/mol. The minimum atomic E-state index is -0.484. The lowest BCUT2D eigenvalue weighted by atomic mass is 9.92. The molecule has 0 radical (unpaired) electrons. The molecule has 0 heterocycles. The Labute approximate surface area is 65.9 Å². The summed E-state index contributed by atoms with van der Waals surface area (Å²) < 4.78 is 0. The second-order valence-corrected chi connectivity index (χ2v) is 2.92. The molecule has 0 spiro atoms. The molecule has 0 bridgehead atoms. The first kappa shape index (κ1) is 9.94. The Hall–Kier alpha value is -1.06. The highest BCUT2D eigenvalue weighted by Crippen LogP contribution is 2.13. The van der Waals surface area contributed by atoms with E-state index >= 15 is 0 Å². The highest BCUT2D eigenvalue weighted by molar-refractivity contribution is 5.84. The first-order valence-corrected chi connectivity index (χ1v) is 3.52. The van der Waals surface area contributed by atoms with Crippen molar-refractivity contribution >= 4 is 11.8 Å². The molecule has 0 saturated carbocycles. The highest BCUT2D eigenvalue weighted by Gasteiger charge is 2.21. The van der Waals surface area contributed by atoms with Crippen LogP contribution in [0.5, 0.6) is 0 Å². The summed E-state index contributed by atoms with van der Waals surface area (Å²) >= 11 is 0. The number of amides is 2. The number of primary amides is 2. The van der Waals surface area contributed by atoms with Gasteiger partial charge in [0.2, 0.25) is 11.8 Å². The summed E-state index contributed by atoms with van der Waals surface area (Å²) in [5.41, 5.74) is 9.96. The Morgan fingerprint density at radius 2 is 1.73 bits per heavy atom. The van der Waals surface area contributed by atoms with Gasteiger partial charge >= 0.3 is 0 Å². The zero-order valence-corrected chi connectivity index (χ0v) is 6.83. The van der Waals surface area contributed by atoms with Gasteiger partial charge in [-0.15, -0.1) is 0 Å². The zero-order valence-electron chi connectivity index (χ0n) is 6.83. The summed E-state index contributed by atoms with van der Waals surface area (Å²) in [5.74, 6) is -1.30. The fourth-order valence-electron chi connectivity index (χ4n) is 0.882. The number of hydrogen-bond donors (Lipinski definition) is 2. The number of carbonyl (C=O) groups is 2. The predicted octanol–water partition coefficient (Wildman–Crippen LogP) is -0.381. The molecule has 0 aliphatic carbocycles. The predicted molar refractivity (Wildman–Crippen MR) is 41.3 cm³/mol. The number of rotatable bonds is 4. The van der Waals surface area contributed by atoms with Crippen LogP contribution in [0, 0.1) is 11.8 Å². The topological polar surface area (TPSA) is 86.2 Å². The zero-order chi connectivity index (χ0) is 9.02. The summed E-state index contributed by atoms with van der Waals surface area (Å²) in [6.45, 7) is 3.66. The van der Waals surface area contributed by atoms with E-state index in [0.29, 0.717) is 0 Å². The van der Waals surface area contributed by atoms with Gasteiger partial charge in [-0.2, -0.15) is 0 Å². The van der Waals surface area contributed by atoms with Gasteiger partial charge in [-0.3, -0.25) is 9.59 Å². The lowest BCUT2D eigenvalue weighted by Crippen LogP contribution is -2.31. The van der Waals surface area contributed by atoms with Gasteiger partial charge in [0.15, 0.2) is 0 Å². The van der Waals surface area contributed by atoms with Gasteiger partial charge in [0, 0.05) is 12.3 Å². The van der Waals surface area contributed by atoms with Crippen molar-refractivity contribution in [2.75, 3.05) is 0 Å². The van der Waals surface area contributed by atoms with E-state index in [1.807, 2.05) is 13.8 Å². The second-order valence-electron chi connectivity index (χ2n) is 2.92. The molecule has 2 amide bonds. The number of carbonyl (C=O) groups excluding carboxylic acids is 2. The monoisotopic (exact) mass is 158 g/mol. The van der Waals surface area contributed by atoms with E-state index in [1.54, 1.807) is 0 Å². The largest absolute Gasteiger partial charge is 0.370 e. The molecule has 0 rings (SSSR count). The fourth-order valence-corrected chi connectivity index (χ4v) is 0.882. The maximum atomic E-state index is 10.7.